The molecule has 0 bridgehead atoms. The molecule has 7 nitrogen and oxygen atoms in total. The predicted octanol–water partition coefficient (Wildman–Crippen LogP) is 3.43. The maximum atomic E-state index is 12.8. The molecule has 0 aliphatic carbocycles. The van der Waals surface area contributed by atoms with E-state index in [0.717, 1.165) is 10.6 Å². The number of rotatable bonds is 5. The van der Waals surface area contributed by atoms with Crippen LogP contribution in [0.15, 0.2) is 42.0 Å². The third-order valence-electron chi connectivity index (χ3n) is 4.32. The van der Waals surface area contributed by atoms with Crippen molar-refractivity contribution in [3.05, 3.63) is 58.1 Å². The fourth-order valence-electron chi connectivity index (χ4n) is 2.68. The fourth-order valence-corrected chi connectivity index (χ4v) is 2.85. The Morgan fingerprint density at radius 2 is 1.93 bits per heavy atom. The number of nitrogens with one attached hydrogen (secondary N) is 1. The maximum absolute atomic E-state index is 12.8. The number of hydrogen-bond acceptors (Lipinski definition) is 5. The zero-order chi connectivity index (χ0) is 21.1. The first kappa shape index (κ1) is 20.4. The summed E-state index contributed by atoms with van der Waals surface area (Å²) in [7, 11) is 1.44. The predicted molar refractivity (Wildman–Crippen MR) is 109 cm³/mol. The standard InChI is InChI=1S/C21H19ClN2O5/c1-4-19(25)29-17-8-6-13(10-18(17)28-3)9-15-20(26)23-24(21(15)27)14-7-5-12(2)16(22)11-14/h5-11H,4H2,1-3H3,(H,23,26)/b15-9-. The molecule has 2 aromatic rings. The lowest BCUT2D eigenvalue weighted by atomic mass is 10.1. The van der Waals surface area contributed by atoms with Crippen LogP contribution in [0.25, 0.3) is 6.08 Å². The Hall–Kier alpha value is -3.32. The Bertz CT molecular complexity index is 1030. The van der Waals surface area contributed by atoms with Crippen LogP contribution < -0.4 is 19.9 Å². The minimum Gasteiger partial charge on any atom is -0.493 e. The molecule has 2 amide bonds. The first-order chi connectivity index (χ1) is 13.8. The Balaban J connectivity index is 1.89. The molecule has 150 valence electrons. The van der Waals surface area contributed by atoms with Crippen molar-refractivity contribution in [2.24, 2.45) is 0 Å². The van der Waals surface area contributed by atoms with E-state index in [1.54, 1.807) is 43.3 Å². The van der Waals surface area contributed by atoms with E-state index in [1.807, 2.05) is 6.92 Å². The molecule has 1 saturated heterocycles. The van der Waals surface area contributed by atoms with Gasteiger partial charge >= 0.3 is 5.97 Å². The van der Waals surface area contributed by atoms with E-state index in [1.165, 1.54) is 13.2 Å². The molecule has 29 heavy (non-hydrogen) atoms. The Labute approximate surface area is 172 Å². The second-order valence-electron chi connectivity index (χ2n) is 6.31. The van der Waals surface area contributed by atoms with E-state index in [0.29, 0.717) is 22.0 Å². The largest absolute Gasteiger partial charge is 0.493 e. The van der Waals surface area contributed by atoms with Gasteiger partial charge in [-0.15, -0.1) is 0 Å². The second kappa shape index (κ2) is 8.36. The van der Waals surface area contributed by atoms with Crippen molar-refractivity contribution in [3.63, 3.8) is 0 Å². The van der Waals surface area contributed by atoms with Crippen LogP contribution in [0.2, 0.25) is 5.02 Å². The number of anilines is 1. The molecule has 0 spiro atoms. The van der Waals surface area contributed by atoms with Crippen molar-refractivity contribution in [1.82, 2.24) is 5.43 Å². The highest BCUT2D eigenvalue weighted by atomic mass is 35.5. The molecule has 3 rings (SSSR count). The Morgan fingerprint density at radius 3 is 2.59 bits per heavy atom. The van der Waals surface area contributed by atoms with E-state index in [-0.39, 0.29) is 17.7 Å². The van der Waals surface area contributed by atoms with E-state index in [4.69, 9.17) is 21.1 Å². The van der Waals surface area contributed by atoms with Crippen molar-refractivity contribution < 1.29 is 23.9 Å². The third-order valence-corrected chi connectivity index (χ3v) is 4.72. The maximum Gasteiger partial charge on any atom is 0.311 e. The topological polar surface area (TPSA) is 84.9 Å². The van der Waals surface area contributed by atoms with Gasteiger partial charge in [0, 0.05) is 11.4 Å². The smallest absolute Gasteiger partial charge is 0.311 e. The average Bonchev–Trinajstić information content (AvgIpc) is 2.99. The van der Waals surface area contributed by atoms with Crippen molar-refractivity contribution in [2.45, 2.75) is 20.3 Å². The molecule has 1 heterocycles. The van der Waals surface area contributed by atoms with Gasteiger partial charge in [0.25, 0.3) is 11.8 Å². The number of nitrogens with zero attached hydrogens (tertiary/aromatic N) is 1. The highest BCUT2D eigenvalue weighted by Gasteiger charge is 2.34. The van der Waals surface area contributed by atoms with Gasteiger partial charge in [-0.05, 0) is 48.4 Å². The summed E-state index contributed by atoms with van der Waals surface area (Å²) in [6, 6.07) is 9.82. The van der Waals surface area contributed by atoms with Crippen molar-refractivity contribution in [3.8, 4) is 11.5 Å². The molecule has 0 radical (unpaired) electrons. The van der Waals surface area contributed by atoms with Gasteiger partial charge in [-0.2, -0.15) is 0 Å². The molecule has 1 fully saturated rings. The van der Waals surface area contributed by atoms with Crippen molar-refractivity contribution in [2.75, 3.05) is 12.1 Å². The minimum absolute atomic E-state index is 0.0398. The summed E-state index contributed by atoms with van der Waals surface area (Å²) in [5, 5.41) is 1.64. The van der Waals surface area contributed by atoms with Crippen LogP contribution in [0.3, 0.4) is 0 Å². The van der Waals surface area contributed by atoms with Crippen LogP contribution in [-0.2, 0) is 14.4 Å². The van der Waals surface area contributed by atoms with Crippen molar-refractivity contribution in [1.29, 1.82) is 0 Å². The van der Waals surface area contributed by atoms with Crippen LogP contribution in [0.5, 0.6) is 11.5 Å². The number of methoxy groups -OCH3 is 1. The zero-order valence-corrected chi connectivity index (χ0v) is 16.9. The van der Waals surface area contributed by atoms with Crippen LogP contribution in [0, 0.1) is 6.92 Å². The van der Waals surface area contributed by atoms with E-state index in [2.05, 4.69) is 5.43 Å². The Kier molecular flexibility index (Phi) is 5.89. The molecular weight excluding hydrogens is 396 g/mol. The molecule has 0 atom stereocenters. The van der Waals surface area contributed by atoms with Crippen LogP contribution in [0.1, 0.15) is 24.5 Å². The van der Waals surface area contributed by atoms with Crippen LogP contribution in [-0.4, -0.2) is 24.9 Å². The SMILES string of the molecule is CCC(=O)Oc1ccc(/C=C2/C(=O)NN(c3ccc(C)c(Cl)c3)C2=O)cc1OC. The molecule has 1 N–H and O–H groups in total. The van der Waals surface area contributed by atoms with Gasteiger partial charge in [0.15, 0.2) is 11.5 Å². The van der Waals surface area contributed by atoms with Gasteiger partial charge in [-0.3, -0.25) is 19.8 Å². The number of amides is 2. The monoisotopic (exact) mass is 414 g/mol. The summed E-state index contributed by atoms with van der Waals surface area (Å²) >= 11 is 6.12. The molecule has 2 aromatic carbocycles. The lowest BCUT2D eigenvalue weighted by Crippen LogP contribution is -2.35. The average molecular weight is 415 g/mol. The first-order valence-electron chi connectivity index (χ1n) is 8.86. The van der Waals surface area contributed by atoms with Gasteiger partial charge in [0.1, 0.15) is 5.57 Å². The number of carbonyl (C=O) groups is 3. The fraction of sp³-hybridized carbons (Fsp3) is 0.190. The third kappa shape index (κ3) is 4.25. The zero-order valence-electron chi connectivity index (χ0n) is 16.1. The lowest BCUT2D eigenvalue weighted by molar-refractivity contribution is -0.134. The van der Waals surface area contributed by atoms with E-state index < -0.39 is 17.8 Å². The van der Waals surface area contributed by atoms with Gasteiger partial charge in [0.2, 0.25) is 0 Å². The summed E-state index contributed by atoms with van der Waals surface area (Å²) in [6.07, 6.45) is 1.67. The lowest BCUT2D eigenvalue weighted by Gasteiger charge is -2.15. The van der Waals surface area contributed by atoms with Gasteiger partial charge in [-0.1, -0.05) is 30.7 Å². The first-order valence-corrected chi connectivity index (χ1v) is 9.23. The van der Waals surface area contributed by atoms with Crippen LogP contribution in [0.4, 0.5) is 5.69 Å². The molecule has 1 aliphatic rings. The van der Waals surface area contributed by atoms with Gasteiger partial charge in [0.05, 0.1) is 12.8 Å². The molecule has 1 aliphatic heterocycles. The number of hydrogen-bond donors (Lipinski definition) is 1. The number of hydrazine groups is 1. The number of benzene rings is 2. The highest BCUT2D eigenvalue weighted by Crippen LogP contribution is 2.31. The summed E-state index contributed by atoms with van der Waals surface area (Å²) in [4.78, 5) is 36.6. The number of ether oxygens (including phenoxy) is 2. The molecule has 0 saturated carbocycles. The molecular formula is C21H19ClN2O5. The molecule has 0 unspecified atom stereocenters. The van der Waals surface area contributed by atoms with Gasteiger partial charge < -0.3 is 9.47 Å². The number of aryl methyl sites for hydroxylation is 1. The summed E-state index contributed by atoms with van der Waals surface area (Å²) < 4.78 is 10.4. The molecule has 0 aromatic heterocycles. The second-order valence-corrected chi connectivity index (χ2v) is 6.72. The van der Waals surface area contributed by atoms with Gasteiger partial charge in [-0.25, -0.2) is 5.01 Å². The highest BCUT2D eigenvalue weighted by molar-refractivity contribution is 6.33. The number of carbonyl (C=O) groups excluding carboxylic acids is 3. The van der Waals surface area contributed by atoms with E-state index >= 15 is 0 Å². The number of halogens is 1. The van der Waals surface area contributed by atoms with Crippen molar-refractivity contribution >= 4 is 41.1 Å². The summed E-state index contributed by atoms with van der Waals surface area (Å²) in [5.41, 5.74) is 4.35. The minimum atomic E-state index is -0.535. The number of esters is 1. The normalized spacial score (nSPS) is 14.9. The van der Waals surface area contributed by atoms with E-state index in [9.17, 15) is 14.4 Å². The summed E-state index contributed by atoms with van der Waals surface area (Å²) in [6.45, 7) is 3.53. The van der Waals surface area contributed by atoms with Crippen LogP contribution >= 0.6 is 11.6 Å². The Morgan fingerprint density at radius 1 is 1.17 bits per heavy atom. The quantitative estimate of drug-likeness (QED) is 0.350. The summed E-state index contributed by atoms with van der Waals surface area (Å²) in [5.74, 6) is -0.858. The molecule has 8 heteroatoms.